The van der Waals surface area contributed by atoms with Crippen molar-refractivity contribution in [1.82, 2.24) is 0 Å². The molecule has 0 bridgehead atoms. The van der Waals surface area contributed by atoms with Gasteiger partial charge in [0.15, 0.2) is 0 Å². The number of hydrogen-bond donors (Lipinski definition) is 2. The number of carbonyl (C=O) groups is 2. The van der Waals surface area contributed by atoms with Crippen LogP contribution in [0.15, 0.2) is 36.4 Å². The molecular formula is C16H15N3O4. The Kier molecular flexibility index (Phi) is 4.40. The van der Waals surface area contributed by atoms with Gasteiger partial charge in [0.1, 0.15) is 5.56 Å². The van der Waals surface area contributed by atoms with Gasteiger partial charge in [-0.15, -0.1) is 0 Å². The highest BCUT2D eigenvalue weighted by Crippen LogP contribution is 2.25. The summed E-state index contributed by atoms with van der Waals surface area (Å²) < 4.78 is 0. The van der Waals surface area contributed by atoms with Gasteiger partial charge < -0.3 is 11.1 Å². The van der Waals surface area contributed by atoms with E-state index in [0.29, 0.717) is 11.1 Å². The molecule has 0 aliphatic rings. The first kappa shape index (κ1) is 16.2. The van der Waals surface area contributed by atoms with Crippen LogP contribution in [0.2, 0.25) is 0 Å². The lowest BCUT2D eigenvalue weighted by Crippen LogP contribution is -2.20. The number of nitrogens with one attached hydrogen (secondary N) is 1. The first-order valence-electron chi connectivity index (χ1n) is 6.77. The van der Waals surface area contributed by atoms with Crippen molar-refractivity contribution in [3.8, 4) is 0 Å². The van der Waals surface area contributed by atoms with E-state index in [1.165, 1.54) is 12.1 Å². The summed E-state index contributed by atoms with van der Waals surface area (Å²) in [5.41, 5.74) is 6.37. The Morgan fingerprint density at radius 2 is 1.70 bits per heavy atom. The smallest absolute Gasteiger partial charge is 0.285 e. The lowest BCUT2D eigenvalue weighted by Gasteiger charge is -2.11. The van der Waals surface area contributed by atoms with Gasteiger partial charge in [-0.2, -0.15) is 0 Å². The lowest BCUT2D eigenvalue weighted by molar-refractivity contribution is -0.385. The number of primary amides is 1. The fraction of sp³-hybridized carbons (Fsp3) is 0.125. The molecule has 0 heterocycles. The largest absolute Gasteiger partial charge is 0.366 e. The van der Waals surface area contributed by atoms with Gasteiger partial charge in [-0.3, -0.25) is 19.7 Å². The van der Waals surface area contributed by atoms with Crippen LogP contribution in [0.25, 0.3) is 0 Å². The highest BCUT2D eigenvalue weighted by molar-refractivity contribution is 6.11. The van der Waals surface area contributed by atoms with E-state index < -0.39 is 16.7 Å². The number of carbonyl (C=O) groups excluding carboxylic acids is 2. The van der Waals surface area contributed by atoms with Gasteiger partial charge in [0, 0.05) is 5.56 Å². The van der Waals surface area contributed by atoms with Gasteiger partial charge in [0.05, 0.1) is 16.2 Å². The highest BCUT2D eigenvalue weighted by atomic mass is 16.6. The first-order chi connectivity index (χ1) is 10.8. The fourth-order valence-electron chi connectivity index (χ4n) is 2.37. The maximum absolute atomic E-state index is 12.4. The number of nitrogens with two attached hydrogens (primary N) is 1. The van der Waals surface area contributed by atoms with E-state index in [9.17, 15) is 19.7 Å². The van der Waals surface area contributed by atoms with Crippen molar-refractivity contribution >= 4 is 23.2 Å². The average Bonchev–Trinajstić information content (AvgIpc) is 2.46. The molecule has 7 heteroatoms. The predicted octanol–water partition coefficient (Wildman–Crippen LogP) is 2.56. The molecule has 0 saturated carbocycles. The number of amides is 2. The van der Waals surface area contributed by atoms with Crippen LogP contribution in [0, 0.1) is 24.0 Å². The zero-order valence-electron chi connectivity index (χ0n) is 12.6. The summed E-state index contributed by atoms with van der Waals surface area (Å²) in [7, 11) is 0. The summed E-state index contributed by atoms with van der Waals surface area (Å²) in [6, 6.07) is 9.33. The van der Waals surface area contributed by atoms with Gasteiger partial charge >= 0.3 is 0 Å². The van der Waals surface area contributed by atoms with Gasteiger partial charge in [0.25, 0.3) is 17.5 Å². The second kappa shape index (κ2) is 6.27. The topological polar surface area (TPSA) is 115 Å². The minimum Gasteiger partial charge on any atom is -0.366 e. The van der Waals surface area contributed by atoms with Crippen LogP contribution in [0.3, 0.4) is 0 Å². The Labute approximate surface area is 132 Å². The van der Waals surface area contributed by atoms with E-state index in [-0.39, 0.29) is 22.5 Å². The van der Waals surface area contributed by atoms with E-state index in [4.69, 9.17) is 5.73 Å². The number of benzene rings is 2. The van der Waals surface area contributed by atoms with Crippen LogP contribution in [0.1, 0.15) is 31.8 Å². The average molecular weight is 313 g/mol. The minimum atomic E-state index is -0.683. The summed E-state index contributed by atoms with van der Waals surface area (Å²) in [6.45, 7) is 3.24. The maximum atomic E-state index is 12.4. The quantitative estimate of drug-likeness (QED) is 0.666. The van der Waals surface area contributed by atoms with Crippen molar-refractivity contribution in [2.45, 2.75) is 13.8 Å². The molecule has 0 fully saturated rings. The van der Waals surface area contributed by atoms with Crippen molar-refractivity contribution in [3.63, 3.8) is 0 Å². The zero-order valence-corrected chi connectivity index (χ0v) is 12.6. The van der Waals surface area contributed by atoms with Crippen LogP contribution in [0.5, 0.6) is 0 Å². The van der Waals surface area contributed by atoms with Gasteiger partial charge in [0.2, 0.25) is 0 Å². The fourth-order valence-corrected chi connectivity index (χ4v) is 2.37. The molecule has 2 aromatic rings. The lowest BCUT2D eigenvalue weighted by atomic mass is 10.0. The third-order valence-electron chi connectivity index (χ3n) is 3.43. The normalized spacial score (nSPS) is 10.2. The Bertz CT molecular complexity index is 815. The second-order valence-electron chi connectivity index (χ2n) is 5.04. The van der Waals surface area contributed by atoms with Crippen LogP contribution in [-0.4, -0.2) is 16.7 Å². The number of hydrogen-bond acceptors (Lipinski definition) is 4. The zero-order chi connectivity index (χ0) is 17.1. The summed E-state index contributed by atoms with van der Waals surface area (Å²) in [6.07, 6.45) is 0. The molecule has 118 valence electrons. The first-order valence-corrected chi connectivity index (χ1v) is 6.77. The molecule has 0 aliphatic heterocycles. The van der Waals surface area contributed by atoms with E-state index in [0.717, 1.165) is 0 Å². The molecule has 0 saturated heterocycles. The van der Waals surface area contributed by atoms with Crippen molar-refractivity contribution in [2.75, 3.05) is 5.32 Å². The number of anilines is 1. The van der Waals surface area contributed by atoms with Crippen molar-refractivity contribution in [3.05, 3.63) is 68.8 Å². The number of aryl methyl sites for hydroxylation is 2. The molecule has 0 atom stereocenters. The summed E-state index contributed by atoms with van der Waals surface area (Å²) in [5.74, 6) is -1.36. The van der Waals surface area contributed by atoms with Crippen molar-refractivity contribution in [1.29, 1.82) is 0 Å². The molecular weight excluding hydrogens is 298 g/mol. The molecule has 0 radical (unpaired) electrons. The van der Waals surface area contributed by atoms with E-state index in [1.54, 1.807) is 38.1 Å². The summed E-state index contributed by atoms with van der Waals surface area (Å²) in [5, 5.41) is 13.7. The SMILES string of the molecule is Cc1cccc(NC(=O)c2cccc(C)c2[N+](=O)[O-])c1C(N)=O. The van der Waals surface area contributed by atoms with E-state index in [2.05, 4.69) is 5.32 Å². The minimum absolute atomic E-state index is 0.0769. The molecule has 2 amide bonds. The van der Waals surface area contributed by atoms with Gasteiger partial charge in [-0.05, 0) is 31.5 Å². The molecule has 0 spiro atoms. The number of rotatable bonds is 4. The Hall–Kier alpha value is -3.22. The summed E-state index contributed by atoms with van der Waals surface area (Å²) >= 11 is 0. The monoisotopic (exact) mass is 313 g/mol. The molecule has 0 unspecified atom stereocenters. The molecule has 0 aromatic heterocycles. The Balaban J connectivity index is 2.46. The molecule has 3 N–H and O–H groups in total. The van der Waals surface area contributed by atoms with E-state index >= 15 is 0 Å². The second-order valence-corrected chi connectivity index (χ2v) is 5.04. The third-order valence-corrected chi connectivity index (χ3v) is 3.43. The molecule has 7 nitrogen and oxygen atoms in total. The molecule has 2 rings (SSSR count). The van der Waals surface area contributed by atoms with Crippen LogP contribution >= 0.6 is 0 Å². The third kappa shape index (κ3) is 3.18. The van der Waals surface area contributed by atoms with Crippen LogP contribution < -0.4 is 11.1 Å². The highest BCUT2D eigenvalue weighted by Gasteiger charge is 2.23. The number of nitro benzene ring substituents is 1. The van der Waals surface area contributed by atoms with E-state index in [1.807, 2.05) is 0 Å². The van der Waals surface area contributed by atoms with Crippen LogP contribution in [0.4, 0.5) is 11.4 Å². The van der Waals surface area contributed by atoms with Crippen LogP contribution in [-0.2, 0) is 0 Å². The number of nitro groups is 1. The number of para-hydroxylation sites is 1. The Morgan fingerprint density at radius 3 is 2.30 bits per heavy atom. The summed E-state index contributed by atoms with van der Waals surface area (Å²) in [4.78, 5) is 34.5. The van der Waals surface area contributed by atoms with Gasteiger partial charge in [-0.1, -0.05) is 24.3 Å². The molecule has 0 aliphatic carbocycles. The van der Waals surface area contributed by atoms with Gasteiger partial charge in [-0.25, -0.2) is 0 Å². The maximum Gasteiger partial charge on any atom is 0.285 e. The number of nitrogens with zero attached hydrogens (tertiary/aromatic N) is 1. The predicted molar refractivity (Wildman–Crippen MR) is 85.5 cm³/mol. The van der Waals surface area contributed by atoms with Crippen molar-refractivity contribution in [2.24, 2.45) is 5.73 Å². The standard InChI is InChI=1S/C16H15N3O4/c1-9-5-4-8-12(13(9)15(17)20)18-16(21)11-7-3-6-10(2)14(11)19(22)23/h3-8H,1-2H3,(H2,17,20)(H,18,21). The van der Waals surface area contributed by atoms with Crippen molar-refractivity contribution < 1.29 is 14.5 Å². The Morgan fingerprint density at radius 1 is 1.09 bits per heavy atom. The molecule has 2 aromatic carbocycles. The molecule has 23 heavy (non-hydrogen) atoms.